The lowest BCUT2D eigenvalue weighted by Crippen LogP contribution is -2.41. The second kappa shape index (κ2) is 5.97. The Kier molecular flexibility index (Phi) is 4.05. The van der Waals surface area contributed by atoms with Crippen molar-refractivity contribution >= 4 is 11.6 Å². The smallest absolute Gasteiger partial charge is 0.254 e. The minimum absolute atomic E-state index is 0.564. The Hall–Kier alpha value is -1.69. The predicted molar refractivity (Wildman–Crippen MR) is 83.6 cm³/mol. The first-order chi connectivity index (χ1) is 10.2. The Morgan fingerprint density at radius 2 is 2.10 bits per heavy atom. The van der Waals surface area contributed by atoms with Crippen LogP contribution in [0.2, 0.25) is 0 Å². The van der Waals surface area contributed by atoms with E-state index in [0.717, 1.165) is 18.1 Å². The molecule has 1 saturated carbocycles. The number of hydrogen-bond donors (Lipinski definition) is 1. The molecule has 0 amide bonds. The Balaban J connectivity index is 1.78. The lowest BCUT2D eigenvalue weighted by molar-refractivity contribution is 0.340. The van der Waals surface area contributed by atoms with Gasteiger partial charge in [0.15, 0.2) is 0 Å². The Bertz CT molecular complexity index is 599. The van der Waals surface area contributed by atoms with Crippen molar-refractivity contribution in [3.63, 3.8) is 0 Å². The van der Waals surface area contributed by atoms with Crippen molar-refractivity contribution in [2.24, 2.45) is 0 Å². The van der Waals surface area contributed by atoms with Gasteiger partial charge in [-0.15, -0.1) is 0 Å². The number of aromatic nitrogens is 4. The minimum atomic E-state index is 0.564. The molecule has 2 aromatic rings. The molecule has 1 aliphatic rings. The van der Waals surface area contributed by atoms with Gasteiger partial charge in [-0.2, -0.15) is 14.6 Å². The van der Waals surface area contributed by atoms with Gasteiger partial charge in [0.2, 0.25) is 0 Å². The molecule has 0 aromatic carbocycles. The van der Waals surface area contributed by atoms with Crippen LogP contribution < -0.4 is 10.2 Å². The van der Waals surface area contributed by atoms with Crippen LogP contribution in [0.15, 0.2) is 12.4 Å². The molecule has 2 heterocycles. The maximum atomic E-state index is 4.41. The SMILES string of the molecule is CCNC1CCC(N(C)c2cc(C)nc3ncnn23)CC1. The summed E-state index contributed by atoms with van der Waals surface area (Å²) in [5, 5.41) is 7.87. The Labute approximate surface area is 125 Å². The van der Waals surface area contributed by atoms with Crippen LogP contribution in [0.5, 0.6) is 0 Å². The quantitative estimate of drug-likeness (QED) is 0.929. The number of anilines is 1. The fraction of sp³-hybridized carbons (Fsp3) is 0.667. The standard InChI is InChI=1S/C15H24N6/c1-4-16-12-5-7-13(8-6-12)20(3)14-9-11(2)19-15-17-10-18-21(14)15/h9-10,12-13,16H,4-8H2,1-3H3. The van der Waals surface area contributed by atoms with Gasteiger partial charge in [-0.25, -0.2) is 4.98 Å². The first kappa shape index (κ1) is 14.3. The van der Waals surface area contributed by atoms with Crippen LogP contribution in [0.25, 0.3) is 5.78 Å². The zero-order valence-electron chi connectivity index (χ0n) is 13.1. The van der Waals surface area contributed by atoms with Crippen LogP contribution in [0.4, 0.5) is 5.82 Å². The summed E-state index contributed by atoms with van der Waals surface area (Å²) < 4.78 is 1.84. The summed E-state index contributed by atoms with van der Waals surface area (Å²) in [7, 11) is 2.16. The summed E-state index contributed by atoms with van der Waals surface area (Å²) in [4.78, 5) is 11.0. The molecular weight excluding hydrogens is 264 g/mol. The van der Waals surface area contributed by atoms with Gasteiger partial charge in [0.25, 0.3) is 5.78 Å². The molecule has 6 nitrogen and oxygen atoms in total. The molecule has 0 atom stereocenters. The van der Waals surface area contributed by atoms with E-state index in [-0.39, 0.29) is 0 Å². The van der Waals surface area contributed by atoms with Crippen molar-refractivity contribution in [3.05, 3.63) is 18.1 Å². The zero-order valence-corrected chi connectivity index (χ0v) is 13.1. The van der Waals surface area contributed by atoms with Crippen LogP contribution in [0.3, 0.4) is 0 Å². The molecule has 21 heavy (non-hydrogen) atoms. The third kappa shape index (κ3) is 2.85. The van der Waals surface area contributed by atoms with Gasteiger partial charge in [-0.3, -0.25) is 0 Å². The van der Waals surface area contributed by atoms with Crippen LogP contribution in [0, 0.1) is 6.92 Å². The third-order valence-corrected chi connectivity index (χ3v) is 4.46. The Morgan fingerprint density at radius 3 is 2.81 bits per heavy atom. The number of hydrogen-bond acceptors (Lipinski definition) is 5. The lowest BCUT2D eigenvalue weighted by Gasteiger charge is -2.36. The van der Waals surface area contributed by atoms with Crippen LogP contribution in [-0.2, 0) is 0 Å². The number of nitrogens with one attached hydrogen (secondary N) is 1. The summed E-state index contributed by atoms with van der Waals surface area (Å²) in [5.74, 6) is 1.76. The summed E-state index contributed by atoms with van der Waals surface area (Å²) >= 11 is 0. The molecule has 0 bridgehead atoms. The monoisotopic (exact) mass is 288 g/mol. The highest BCUT2D eigenvalue weighted by molar-refractivity contribution is 5.47. The maximum absolute atomic E-state index is 4.41. The van der Waals surface area contributed by atoms with E-state index in [1.807, 2.05) is 11.4 Å². The van der Waals surface area contributed by atoms with Gasteiger partial charge in [0.1, 0.15) is 12.1 Å². The van der Waals surface area contributed by atoms with Crippen molar-refractivity contribution in [1.29, 1.82) is 0 Å². The number of fused-ring (bicyclic) bond motifs is 1. The molecule has 0 saturated heterocycles. The van der Waals surface area contributed by atoms with E-state index in [4.69, 9.17) is 0 Å². The van der Waals surface area contributed by atoms with Crippen LogP contribution in [0.1, 0.15) is 38.3 Å². The topological polar surface area (TPSA) is 58.3 Å². The van der Waals surface area contributed by atoms with E-state index < -0.39 is 0 Å². The molecule has 0 aliphatic heterocycles. The fourth-order valence-corrected chi connectivity index (χ4v) is 3.31. The highest BCUT2D eigenvalue weighted by Gasteiger charge is 2.25. The summed E-state index contributed by atoms with van der Waals surface area (Å²) in [6, 6.07) is 3.34. The molecule has 0 unspecified atom stereocenters. The molecule has 1 N–H and O–H groups in total. The molecule has 0 radical (unpaired) electrons. The van der Waals surface area contributed by atoms with Crippen LogP contribution >= 0.6 is 0 Å². The van der Waals surface area contributed by atoms with Crippen molar-refractivity contribution in [2.45, 2.75) is 51.6 Å². The van der Waals surface area contributed by atoms with E-state index in [0.29, 0.717) is 17.9 Å². The number of aryl methyl sites for hydroxylation is 1. The molecule has 6 heteroatoms. The molecule has 0 spiro atoms. The fourth-order valence-electron chi connectivity index (χ4n) is 3.31. The molecule has 114 valence electrons. The number of rotatable bonds is 4. The molecule has 1 aliphatic carbocycles. The van der Waals surface area contributed by atoms with Gasteiger partial charge < -0.3 is 10.2 Å². The largest absolute Gasteiger partial charge is 0.356 e. The van der Waals surface area contributed by atoms with Gasteiger partial charge >= 0.3 is 0 Å². The Morgan fingerprint density at radius 1 is 1.33 bits per heavy atom. The van der Waals surface area contributed by atoms with Crippen LogP contribution in [-0.4, -0.2) is 45.3 Å². The van der Waals surface area contributed by atoms with Gasteiger partial charge in [0.05, 0.1) is 0 Å². The van der Waals surface area contributed by atoms with Crippen molar-refractivity contribution in [3.8, 4) is 0 Å². The highest BCUT2D eigenvalue weighted by Crippen LogP contribution is 2.26. The normalized spacial score (nSPS) is 22.6. The average Bonchev–Trinajstić information content (AvgIpc) is 2.95. The van der Waals surface area contributed by atoms with Crippen molar-refractivity contribution in [1.82, 2.24) is 24.9 Å². The number of nitrogens with zero attached hydrogens (tertiary/aromatic N) is 5. The van der Waals surface area contributed by atoms with Gasteiger partial charge in [0, 0.05) is 30.9 Å². The summed E-state index contributed by atoms with van der Waals surface area (Å²) in [6.45, 7) is 5.25. The first-order valence-electron chi connectivity index (χ1n) is 7.82. The van der Waals surface area contributed by atoms with E-state index in [1.54, 1.807) is 6.33 Å². The molecule has 1 fully saturated rings. The molecular formula is C15H24N6. The molecule has 3 rings (SSSR count). The second-order valence-corrected chi connectivity index (χ2v) is 5.90. The predicted octanol–water partition coefficient (Wildman–Crippen LogP) is 1.79. The van der Waals surface area contributed by atoms with E-state index in [2.05, 4.69) is 45.3 Å². The van der Waals surface area contributed by atoms with Crippen molar-refractivity contribution in [2.75, 3.05) is 18.5 Å². The third-order valence-electron chi connectivity index (χ3n) is 4.46. The second-order valence-electron chi connectivity index (χ2n) is 5.90. The average molecular weight is 288 g/mol. The summed E-state index contributed by atoms with van der Waals surface area (Å²) in [5.41, 5.74) is 0.985. The highest BCUT2D eigenvalue weighted by atomic mass is 15.4. The van der Waals surface area contributed by atoms with E-state index in [1.165, 1.54) is 25.7 Å². The van der Waals surface area contributed by atoms with Gasteiger partial charge in [-0.05, 0) is 39.2 Å². The van der Waals surface area contributed by atoms with E-state index in [9.17, 15) is 0 Å². The van der Waals surface area contributed by atoms with Crippen molar-refractivity contribution < 1.29 is 0 Å². The lowest BCUT2D eigenvalue weighted by atomic mass is 9.90. The maximum Gasteiger partial charge on any atom is 0.254 e. The zero-order chi connectivity index (χ0) is 14.8. The summed E-state index contributed by atoms with van der Waals surface area (Å²) in [6.07, 6.45) is 6.49. The first-order valence-corrected chi connectivity index (χ1v) is 7.82. The van der Waals surface area contributed by atoms with Gasteiger partial charge in [-0.1, -0.05) is 6.92 Å². The van der Waals surface area contributed by atoms with E-state index >= 15 is 0 Å². The minimum Gasteiger partial charge on any atom is -0.356 e. The molecule has 2 aromatic heterocycles.